The Hall–Kier alpha value is -1.71. The number of rotatable bonds is 5. The van der Waals surface area contributed by atoms with Gasteiger partial charge < -0.3 is 0 Å². The first-order valence-corrected chi connectivity index (χ1v) is 9.23. The van der Waals surface area contributed by atoms with Crippen LogP contribution in [0.1, 0.15) is 16.4 Å². The van der Waals surface area contributed by atoms with Gasteiger partial charge in [-0.1, -0.05) is 82.3 Å². The molecule has 0 spiro atoms. The zero-order valence-corrected chi connectivity index (χ0v) is 13.5. The molecule has 0 aliphatic carbocycles. The Morgan fingerprint density at radius 2 is 1.32 bits per heavy atom. The largest absolute Gasteiger partial charge is 0.207 e. The van der Waals surface area contributed by atoms with E-state index in [1.807, 2.05) is 42.5 Å². The van der Waals surface area contributed by atoms with Crippen LogP contribution in [0.15, 0.2) is 89.8 Å². The van der Waals surface area contributed by atoms with Crippen molar-refractivity contribution in [3.8, 4) is 0 Å². The van der Waals surface area contributed by atoms with Crippen molar-refractivity contribution in [2.75, 3.05) is 0 Å². The van der Waals surface area contributed by atoms with E-state index in [0.717, 1.165) is 5.56 Å². The highest BCUT2D eigenvalue weighted by Crippen LogP contribution is 2.45. The van der Waals surface area contributed by atoms with Gasteiger partial charge in [-0.25, -0.2) is 4.39 Å². The van der Waals surface area contributed by atoms with Crippen LogP contribution in [0.5, 0.6) is 0 Å². The van der Waals surface area contributed by atoms with E-state index in [9.17, 15) is 4.39 Å². The molecule has 0 saturated heterocycles. The highest BCUT2D eigenvalue weighted by molar-refractivity contribution is 8.76. The molecule has 3 aromatic carbocycles. The van der Waals surface area contributed by atoms with Gasteiger partial charge >= 0.3 is 0 Å². The molecular weight excluding hydrogens is 311 g/mol. The van der Waals surface area contributed by atoms with E-state index in [1.165, 1.54) is 16.5 Å². The predicted octanol–water partition coefficient (Wildman–Crippen LogP) is 6.36. The summed E-state index contributed by atoms with van der Waals surface area (Å²) in [5, 5.41) is 0.0992. The maximum absolute atomic E-state index is 13.6. The average molecular weight is 326 g/mol. The zero-order valence-electron chi connectivity index (χ0n) is 11.9. The fraction of sp³-hybridized carbons (Fsp3) is 0.0526. The van der Waals surface area contributed by atoms with Crippen molar-refractivity contribution >= 4 is 21.6 Å². The van der Waals surface area contributed by atoms with Crippen molar-refractivity contribution in [2.24, 2.45) is 0 Å². The molecular formula is C19H15FS2. The van der Waals surface area contributed by atoms with E-state index >= 15 is 0 Å². The van der Waals surface area contributed by atoms with Crippen molar-refractivity contribution in [3.63, 3.8) is 0 Å². The standard InChI is InChI=1S/C19H15FS2/c20-17-11-7-10-16(14-17)19(15-8-3-1-4-9-15)22-21-18-12-5-2-6-13-18/h1-14,19H. The number of hydrogen-bond acceptors (Lipinski definition) is 2. The van der Waals surface area contributed by atoms with Gasteiger partial charge in [0.05, 0.1) is 5.25 Å². The first-order chi connectivity index (χ1) is 10.8. The summed E-state index contributed by atoms with van der Waals surface area (Å²) in [6, 6.07) is 27.3. The van der Waals surface area contributed by atoms with Crippen LogP contribution in [-0.4, -0.2) is 0 Å². The van der Waals surface area contributed by atoms with Gasteiger partial charge in [-0.15, -0.1) is 0 Å². The van der Waals surface area contributed by atoms with Crippen molar-refractivity contribution in [2.45, 2.75) is 10.1 Å². The molecule has 0 fully saturated rings. The number of hydrogen-bond donors (Lipinski definition) is 0. The lowest BCUT2D eigenvalue weighted by atomic mass is 10.0. The van der Waals surface area contributed by atoms with Crippen molar-refractivity contribution in [1.29, 1.82) is 0 Å². The minimum atomic E-state index is -0.191. The second-order valence-electron chi connectivity index (χ2n) is 4.84. The van der Waals surface area contributed by atoms with Gasteiger partial charge in [0.1, 0.15) is 5.82 Å². The quantitative estimate of drug-likeness (QED) is 0.501. The Balaban J connectivity index is 1.86. The maximum Gasteiger partial charge on any atom is 0.123 e. The monoisotopic (exact) mass is 326 g/mol. The molecule has 3 rings (SSSR count). The molecule has 0 amide bonds. The SMILES string of the molecule is Fc1cccc(C(SSc2ccccc2)c2ccccc2)c1. The van der Waals surface area contributed by atoms with E-state index < -0.39 is 0 Å². The molecule has 0 N–H and O–H groups in total. The van der Waals surface area contributed by atoms with Gasteiger partial charge in [0.25, 0.3) is 0 Å². The topological polar surface area (TPSA) is 0 Å². The highest BCUT2D eigenvalue weighted by atomic mass is 33.1. The van der Waals surface area contributed by atoms with Crippen molar-refractivity contribution in [1.82, 2.24) is 0 Å². The lowest BCUT2D eigenvalue weighted by Crippen LogP contribution is -1.96. The molecule has 0 saturated carbocycles. The minimum absolute atomic E-state index is 0.0992. The molecule has 0 bridgehead atoms. The molecule has 1 atom stereocenters. The number of halogens is 1. The fourth-order valence-corrected chi connectivity index (χ4v) is 4.80. The van der Waals surface area contributed by atoms with Gasteiger partial charge in [0.2, 0.25) is 0 Å². The van der Waals surface area contributed by atoms with Gasteiger partial charge in [0.15, 0.2) is 0 Å². The van der Waals surface area contributed by atoms with Crippen LogP contribution in [-0.2, 0) is 0 Å². The van der Waals surface area contributed by atoms with Crippen LogP contribution in [0, 0.1) is 5.82 Å². The minimum Gasteiger partial charge on any atom is -0.207 e. The second-order valence-corrected chi connectivity index (χ2v) is 7.22. The van der Waals surface area contributed by atoms with Crippen molar-refractivity contribution in [3.05, 3.63) is 102 Å². The Labute approximate surface area is 138 Å². The first-order valence-electron chi connectivity index (χ1n) is 7.02. The molecule has 0 heterocycles. The fourth-order valence-electron chi connectivity index (χ4n) is 2.18. The predicted molar refractivity (Wildman–Crippen MR) is 94.6 cm³/mol. The average Bonchev–Trinajstić information content (AvgIpc) is 2.57. The Bertz CT molecular complexity index is 714. The summed E-state index contributed by atoms with van der Waals surface area (Å²) >= 11 is 0. The Kier molecular flexibility index (Phi) is 5.20. The molecule has 0 nitrogen and oxygen atoms in total. The summed E-state index contributed by atoms with van der Waals surface area (Å²) in [5.74, 6) is -0.191. The van der Waals surface area contributed by atoms with E-state index in [2.05, 4.69) is 24.3 Å². The normalized spacial score (nSPS) is 12.0. The van der Waals surface area contributed by atoms with Crippen LogP contribution >= 0.6 is 21.6 Å². The zero-order chi connectivity index (χ0) is 15.2. The smallest absolute Gasteiger partial charge is 0.123 e. The molecule has 3 aromatic rings. The first kappa shape index (κ1) is 15.2. The van der Waals surface area contributed by atoms with E-state index in [0.29, 0.717) is 0 Å². The number of benzene rings is 3. The summed E-state index contributed by atoms with van der Waals surface area (Å²) < 4.78 is 13.6. The van der Waals surface area contributed by atoms with Gasteiger partial charge in [-0.2, -0.15) is 0 Å². The third-order valence-electron chi connectivity index (χ3n) is 3.24. The summed E-state index contributed by atoms with van der Waals surface area (Å²) in [6.07, 6.45) is 0. The Morgan fingerprint density at radius 3 is 2.00 bits per heavy atom. The van der Waals surface area contributed by atoms with E-state index in [4.69, 9.17) is 0 Å². The van der Waals surface area contributed by atoms with Crippen LogP contribution in [0.3, 0.4) is 0 Å². The third kappa shape index (κ3) is 3.93. The summed E-state index contributed by atoms with van der Waals surface area (Å²) in [7, 11) is 3.46. The van der Waals surface area contributed by atoms with Crippen LogP contribution < -0.4 is 0 Å². The Morgan fingerprint density at radius 1 is 0.682 bits per heavy atom. The summed E-state index contributed by atoms with van der Waals surface area (Å²) in [5.41, 5.74) is 2.17. The molecule has 0 aliphatic rings. The van der Waals surface area contributed by atoms with Gasteiger partial charge in [-0.3, -0.25) is 0 Å². The molecule has 22 heavy (non-hydrogen) atoms. The van der Waals surface area contributed by atoms with E-state index in [-0.39, 0.29) is 11.1 Å². The van der Waals surface area contributed by atoms with Gasteiger partial charge in [0, 0.05) is 4.90 Å². The van der Waals surface area contributed by atoms with E-state index in [1.54, 1.807) is 33.7 Å². The summed E-state index contributed by atoms with van der Waals surface area (Å²) in [4.78, 5) is 1.20. The van der Waals surface area contributed by atoms with Crippen LogP contribution in [0.2, 0.25) is 0 Å². The van der Waals surface area contributed by atoms with Crippen LogP contribution in [0.4, 0.5) is 4.39 Å². The lowest BCUT2D eigenvalue weighted by molar-refractivity contribution is 0.626. The maximum atomic E-state index is 13.6. The molecule has 3 heteroatoms. The second kappa shape index (κ2) is 7.52. The molecule has 0 aromatic heterocycles. The molecule has 110 valence electrons. The lowest BCUT2D eigenvalue weighted by Gasteiger charge is -2.17. The highest BCUT2D eigenvalue weighted by Gasteiger charge is 2.16. The van der Waals surface area contributed by atoms with Crippen LogP contribution in [0.25, 0.3) is 0 Å². The van der Waals surface area contributed by atoms with Crippen molar-refractivity contribution < 1.29 is 4.39 Å². The molecule has 0 radical (unpaired) electrons. The summed E-state index contributed by atoms with van der Waals surface area (Å²) in [6.45, 7) is 0. The third-order valence-corrected chi connectivity index (χ3v) is 5.98. The molecule has 1 unspecified atom stereocenters. The van der Waals surface area contributed by atoms with Gasteiger partial charge in [-0.05, 0) is 35.4 Å². The molecule has 0 aliphatic heterocycles.